The second kappa shape index (κ2) is 8.17. The van der Waals surface area contributed by atoms with Crippen LogP contribution in [0.1, 0.15) is 5.56 Å². The van der Waals surface area contributed by atoms with Crippen molar-refractivity contribution in [3.8, 4) is 0 Å². The predicted octanol–water partition coefficient (Wildman–Crippen LogP) is 4.42. The molecular weight excluding hydrogens is 386 g/mol. The van der Waals surface area contributed by atoms with E-state index >= 15 is 0 Å². The summed E-state index contributed by atoms with van der Waals surface area (Å²) in [5, 5.41) is 7.22. The highest BCUT2D eigenvalue weighted by Crippen LogP contribution is 2.20. The standard InChI is InChI=1S/C18H16BrN3OS/c19-16-9-5-4-6-14(16)12-22-17(10-11-20-22)21-18(23)13-24-15-7-2-1-3-8-15/h1-11H,12-13H2,(H,21,23). The van der Waals surface area contributed by atoms with E-state index in [0.29, 0.717) is 18.1 Å². The van der Waals surface area contributed by atoms with Gasteiger partial charge in [-0.2, -0.15) is 5.10 Å². The van der Waals surface area contributed by atoms with Crippen LogP contribution < -0.4 is 5.32 Å². The number of carbonyl (C=O) groups excluding carboxylic acids is 1. The van der Waals surface area contributed by atoms with E-state index in [0.717, 1.165) is 14.9 Å². The molecule has 0 atom stereocenters. The molecule has 6 heteroatoms. The number of thioether (sulfide) groups is 1. The lowest BCUT2D eigenvalue weighted by molar-refractivity contribution is -0.113. The highest BCUT2D eigenvalue weighted by atomic mass is 79.9. The van der Waals surface area contributed by atoms with E-state index in [-0.39, 0.29) is 5.91 Å². The summed E-state index contributed by atoms with van der Waals surface area (Å²) in [6, 6.07) is 19.7. The van der Waals surface area contributed by atoms with Gasteiger partial charge in [-0.1, -0.05) is 52.3 Å². The largest absolute Gasteiger partial charge is 0.310 e. The van der Waals surface area contributed by atoms with E-state index < -0.39 is 0 Å². The smallest absolute Gasteiger partial charge is 0.235 e. The molecule has 4 nitrogen and oxygen atoms in total. The Morgan fingerprint density at radius 2 is 1.83 bits per heavy atom. The Morgan fingerprint density at radius 3 is 2.62 bits per heavy atom. The molecule has 3 aromatic rings. The quantitative estimate of drug-likeness (QED) is 0.621. The maximum absolute atomic E-state index is 12.2. The average Bonchev–Trinajstić information content (AvgIpc) is 3.03. The molecule has 0 aliphatic heterocycles. The van der Waals surface area contributed by atoms with Crippen molar-refractivity contribution in [1.29, 1.82) is 0 Å². The second-order valence-corrected chi connectivity index (χ2v) is 7.02. The zero-order valence-corrected chi connectivity index (χ0v) is 15.3. The lowest BCUT2D eigenvalue weighted by atomic mass is 10.2. The zero-order valence-electron chi connectivity index (χ0n) is 12.9. The number of carbonyl (C=O) groups is 1. The van der Waals surface area contributed by atoms with Crippen LogP contribution in [0.5, 0.6) is 0 Å². The number of halogens is 1. The number of anilines is 1. The van der Waals surface area contributed by atoms with Crippen molar-refractivity contribution < 1.29 is 4.79 Å². The normalized spacial score (nSPS) is 10.5. The van der Waals surface area contributed by atoms with Gasteiger partial charge in [0, 0.05) is 15.4 Å². The van der Waals surface area contributed by atoms with Gasteiger partial charge >= 0.3 is 0 Å². The Labute approximate surface area is 153 Å². The summed E-state index contributed by atoms with van der Waals surface area (Å²) < 4.78 is 2.81. The molecule has 2 aromatic carbocycles. The van der Waals surface area contributed by atoms with E-state index in [2.05, 4.69) is 26.3 Å². The number of benzene rings is 2. The summed E-state index contributed by atoms with van der Waals surface area (Å²) in [5.74, 6) is 1.02. The maximum Gasteiger partial charge on any atom is 0.235 e. The molecule has 1 amide bonds. The molecule has 0 fully saturated rings. The van der Waals surface area contributed by atoms with Gasteiger partial charge in [0.15, 0.2) is 0 Å². The van der Waals surface area contributed by atoms with Gasteiger partial charge < -0.3 is 5.32 Å². The van der Waals surface area contributed by atoms with Crippen LogP contribution in [0.3, 0.4) is 0 Å². The number of rotatable bonds is 6. The molecule has 1 heterocycles. The highest BCUT2D eigenvalue weighted by Gasteiger charge is 2.09. The number of hydrogen-bond donors (Lipinski definition) is 1. The van der Waals surface area contributed by atoms with Crippen molar-refractivity contribution >= 4 is 39.4 Å². The Balaban J connectivity index is 1.61. The lowest BCUT2D eigenvalue weighted by Crippen LogP contribution is -2.17. The second-order valence-electron chi connectivity index (χ2n) is 5.12. The zero-order chi connectivity index (χ0) is 16.8. The van der Waals surface area contributed by atoms with Crippen molar-refractivity contribution in [2.75, 3.05) is 11.1 Å². The monoisotopic (exact) mass is 401 g/mol. The van der Waals surface area contributed by atoms with Crippen LogP contribution in [0.25, 0.3) is 0 Å². The predicted molar refractivity (Wildman–Crippen MR) is 101 cm³/mol. The Bertz CT molecular complexity index is 820. The molecule has 0 radical (unpaired) electrons. The van der Waals surface area contributed by atoms with Gasteiger partial charge in [-0.25, -0.2) is 4.68 Å². The molecule has 3 rings (SSSR count). The summed E-state index contributed by atoms with van der Waals surface area (Å²) in [7, 11) is 0. The van der Waals surface area contributed by atoms with Crippen molar-refractivity contribution in [3.05, 3.63) is 76.9 Å². The SMILES string of the molecule is O=C(CSc1ccccc1)Nc1ccnn1Cc1ccccc1Br. The summed E-state index contributed by atoms with van der Waals surface area (Å²) in [6.45, 7) is 0.593. The fourth-order valence-corrected chi connectivity index (χ4v) is 3.33. The van der Waals surface area contributed by atoms with E-state index in [1.165, 1.54) is 11.8 Å². The van der Waals surface area contributed by atoms with Crippen LogP contribution >= 0.6 is 27.7 Å². The Hall–Kier alpha value is -2.05. The molecule has 1 aromatic heterocycles. The van der Waals surface area contributed by atoms with Gasteiger partial charge in [-0.15, -0.1) is 11.8 Å². The van der Waals surface area contributed by atoms with Crippen LogP contribution in [0, 0.1) is 0 Å². The first-order valence-electron chi connectivity index (χ1n) is 7.45. The first kappa shape index (κ1) is 16.8. The average molecular weight is 402 g/mol. The number of nitrogens with one attached hydrogen (secondary N) is 1. The minimum atomic E-state index is -0.0438. The van der Waals surface area contributed by atoms with Crippen LogP contribution in [0.15, 0.2) is 76.2 Å². The van der Waals surface area contributed by atoms with Gasteiger partial charge in [0.25, 0.3) is 0 Å². The highest BCUT2D eigenvalue weighted by molar-refractivity contribution is 9.10. The fourth-order valence-electron chi connectivity index (χ4n) is 2.20. The van der Waals surface area contributed by atoms with Crippen molar-refractivity contribution in [3.63, 3.8) is 0 Å². The third-order valence-electron chi connectivity index (χ3n) is 3.38. The van der Waals surface area contributed by atoms with Crippen LogP contribution in [0.4, 0.5) is 5.82 Å². The molecule has 0 saturated carbocycles. The van der Waals surface area contributed by atoms with Crippen LogP contribution in [-0.2, 0) is 11.3 Å². The van der Waals surface area contributed by atoms with Crippen molar-refractivity contribution in [2.24, 2.45) is 0 Å². The fraction of sp³-hybridized carbons (Fsp3) is 0.111. The molecule has 0 bridgehead atoms. The first-order valence-corrected chi connectivity index (χ1v) is 9.23. The minimum Gasteiger partial charge on any atom is -0.310 e. The van der Waals surface area contributed by atoms with Crippen molar-refractivity contribution in [2.45, 2.75) is 11.4 Å². The van der Waals surface area contributed by atoms with Crippen molar-refractivity contribution in [1.82, 2.24) is 9.78 Å². The number of amides is 1. The molecule has 0 aliphatic rings. The van der Waals surface area contributed by atoms with Gasteiger partial charge in [-0.05, 0) is 23.8 Å². The third-order valence-corrected chi connectivity index (χ3v) is 5.16. The molecule has 24 heavy (non-hydrogen) atoms. The van der Waals surface area contributed by atoms with Gasteiger partial charge in [-0.3, -0.25) is 4.79 Å². The first-order chi connectivity index (χ1) is 11.7. The minimum absolute atomic E-state index is 0.0438. The number of hydrogen-bond acceptors (Lipinski definition) is 3. The van der Waals surface area contributed by atoms with Crippen LogP contribution in [0.2, 0.25) is 0 Å². The Kier molecular flexibility index (Phi) is 5.72. The summed E-state index contributed by atoms with van der Waals surface area (Å²) >= 11 is 5.05. The Morgan fingerprint density at radius 1 is 1.08 bits per heavy atom. The van der Waals surface area contributed by atoms with Gasteiger partial charge in [0.1, 0.15) is 5.82 Å². The molecule has 1 N–H and O–H groups in total. The number of aromatic nitrogens is 2. The van der Waals surface area contributed by atoms with Gasteiger partial charge in [0.05, 0.1) is 18.5 Å². The topological polar surface area (TPSA) is 46.9 Å². The van der Waals surface area contributed by atoms with E-state index in [4.69, 9.17) is 0 Å². The molecule has 122 valence electrons. The van der Waals surface area contributed by atoms with Gasteiger partial charge in [0.2, 0.25) is 5.91 Å². The lowest BCUT2D eigenvalue weighted by Gasteiger charge is -2.10. The summed E-state index contributed by atoms with van der Waals surface area (Å²) in [4.78, 5) is 13.3. The molecule has 0 spiro atoms. The molecular formula is C18H16BrN3OS. The molecule has 0 unspecified atom stereocenters. The molecule has 0 aliphatic carbocycles. The van der Waals surface area contributed by atoms with E-state index in [1.54, 1.807) is 10.9 Å². The third kappa shape index (κ3) is 4.49. The number of nitrogens with zero attached hydrogens (tertiary/aromatic N) is 2. The van der Waals surface area contributed by atoms with E-state index in [9.17, 15) is 4.79 Å². The summed E-state index contributed by atoms with van der Waals surface area (Å²) in [5.41, 5.74) is 1.11. The maximum atomic E-state index is 12.2. The van der Waals surface area contributed by atoms with Crippen LogP contribution in [-0.4, -0.2) is 21.4 Å². The van der Waals surface area contributed by atoms with E-state index in [1.807, 2.05) is 60.7 Å². The molecule has 0 saturated heterocycles. The summed E-state index contributed by atoms with van der Waals surface area (Å²) in [6.07, 6.45) is 1.69.